The molecule has 0 spiro atoms. The number of hydrogen-bond acceptors (Lipinski definition) is 4. The van der Waals surface area contributed by atoms with E-state index in [2.05, 4.69) is 0 Å². The van der Waals surface area contributed by atoms with Crippen molar-refractivity contribution in [3.8, 4) is 0 Å². The summed E-state index contributed by atoms with van der Waals surface area (Å²) in [5, 5.41) is 37.2. The Morgan fingerprint density at radius 2 is 1.00 bits per heavy atom. The second kappa shape index (κ2) is 6.33. The first-order valence-electron chi connectivity index (χ1n) is 7.30. The van der Waals surface area contributed by atoms with Gasteiger partial charge in [0.2, 0.25) is 0 Å². The van der Waals surface area contributed by atoms with Crippen LogP contribution in [-0.2, 0) is 0 Å². The average molecular weight is 258 g/mol. The normalized spacial score (nSPS) is 38.3. The van der Waals surface area contributed by atoms with E-state index >= 15 is 0 Å². The van der Waals surface area contributed by atoms with Gasteiger partial charge in [-0.05, 0) is 37.5 Å². The highest BCUT2D eigenvalue weighted by Gasteiger charge is 2.35. The monoisotopic (exact) mass is 258 g/mol. The van der Waals surface area contributed by atoms with E-state index in [0.717, 1.165) is 51.4 Å². The van der Waals surface area contributed by atoms with Crippen LogP contribution < -0.4 is 0 Å². The molecule has 2 rings (SSSR count). The molecule has 0 saturated heterocycles. The zero-order chi connectivity index (χ0) is 13.1. The molecule has 0 aromatic heterocycles. The lowest BCUT2D eigenvalue weighted by Crippen LogP contribution is -2.34. The van der Waals surface area contributed by atoms with Crippen molar-refractivity contribution in [1.29, 1.82) is 0 Å². The molecule has 4 heteroatoms. The van der Waals surface area contributed by atoms with Crippen LogP contribution in [-0.4, -0.2) is 33.0 Å². The Bertz CT molecular complexity index is 228. The van der Waals surface area contributed by atoms with Gasteiger partial charge < -0.3 is 20.4 Å². The summed E-state index contributed by atoms with van der Waals surface area (Å²) in [4.78, 5) is 0. The molecule has 2 aliphatic rings. The molecule has 0 aromatic rings. The van der Waals surface area contributed by atoms with Gasteiger partial charge in [-0.2, -0.15) is 0 Å². The van der Waals surface area contributed by atoms with Crippen molar-refractivity contribution < 1.29 is 20.4 Å². The summed E-state index contributed by atoms with van der Waals surface area (Å²) in [6.45, 7) is 0. The summed E-state index contributed by atoms with van der Waals surface area (Å²) in [7, 11) is 0. The molecule has 4 atom stereocenters. The molecule has 4 N–H and O–H groups in total. The zero-order valence-corrected chi connectivity index (χ0v) is 10.9. The molecule has 0 aromatic carbocycles. The first kappa shape index (κ1) is 14.3. The highest BCUT2D eigenvalue weighted by atomic mass is 16.5. The van der Waals surface area contributed by atoms with Crippen molar-refractivity contribution in [3.05, 3.63) is 0 Å². The molecule has 106 valence electrons. The van der Waals surface area contributed by atoms with Gasteiger partial charge in [-0.25, -0.2) is 0 Å². The lowest BCUT2D eigenvalue weighted by atomic mass is 9.68. The molecule has 2 fully saturated rings. The fraction of sp³-hybridized carbons (Fsp3) is 1.00. The van der Waals surface area contributed by atoms with Crippen molar-refractivity contribution in [3.63, 3.8) is 0 Å². The molecule has 0 radical (unpaired) electrons. The molecule has 18 heavy (non-hydrogen) atoms. The van der Waals surface area contributed by atoms with Gasteiger partial charge in [-0.15, -0.1) is 0 Å². The second-order valence-corrected chi connectivity index (χ2v) is 6.20. The minimum absolute atomic E-state index is 0.0168. The fourth-order valence-corrected chi connectivity index (χ4v) is 3.93. The first-order chi connectivity index (χ1) is 8.58. The summed E-state index contributed by atoms with van der Waals surface area (Å²) in [5.74, 6) is 1.10. The molecule has 0 amide bonds. The maximum Gasteiger partial charge on any atom is 0.154 e. The summed E-state index contributed by atoms with van der Waals surface area (Å²) in [6, 6.07) is 0. The van der Waals surface area contributed by atoms with Gasteiger partial charge in [0.15, 0.2) is 12.6 Å². The maximum atomic E-state index is 9.31. The lowest BCUT2D eigenvalue weighted by molar-refractivity contribution is -0.113. The van der Waals surface area contributed by atoms with Crippen molar-refractivity contribution in [2.24, 2.45) is 23.7 Å². The standard InChI is InChI=1S/C14H26O4/c15-13(16)11-5-1-3-9(7-11)10-4-2-6-12(8-10)14(17)18/h9-18H,1-8H2. The third-order valence-electron chi connectivity index (χ3n) is 5.02. The van der Waals surface area contributed by atoms with Crippen LogP contribution in [0, 0.1) is 23.7 Å². The number of aliphatic hydroxyl groups excluding tert-OH is 2. The molecular weight excluding hydrogens is 232 g/mol. The van der Waals surface area contributed by atoms with Gasteiger partial charge in [0.1, 0.15) is 0 Å². The van der Waals surface area contributed by atoms with Crippen molar-refractivity contribution in [2.75, 3.05) is 0 Å². The Morgan fingerprint density at radius 3 is 1.33 bits per heavy atom. The van der Waals surface area contributed by atoms with Crippen LogP contribution in [0.2, 0.25) is 0 Å². The zero-order valence-electron chi connectivity index (χ0n) is 10.9. The average Bonchev–Trinajstić information content (AvgIpc) is 2.39. The predicted octanol–water partition coefficient (Wildman–Crippen LogP) is 1.22. The SMILES string of the molecule is OC(O)C1CCCC(C2CCCC(C(O)O)C2)C1. The van der Waals surface area contributed by atoms with Crippen LogP contribution >= 0.6 is 0 Å². The van der Waals surface area contributed by atoms with Gasteiger partial charge in [-0.3, -0.25) is 0 Å². The molecule has 4 unspecified atom stereocenters. The molecular formula is C14H26O4. The van der Waals surface area contributed by atoms with Gasteiger partial charge in [0.25, 0.3) is 0 Å². The van der Waals surface area contributed by atoms with Gasteiger partial charge in [0.05, 0.1) is 0 Å². The Balaban J connectivity index is 1.90. The number of hydrogen-bond donors (Lipinski definition) is 4. The summed E-state index contributed by atoms with van der Waals surface area (Å²) in [6.07, 6.45) is 5.66. The van der Waals surface area contributed by atoms with E-state index in [0.29, 0.717) is 11.8 Å². The van der Waals surface area contributed by atoms with Crippen LogP contribution in [0.3, 0.4) is 0 Å². The molecule has 0 bridgehead atoms. The predicted molar refractivity (Wildman–Crippen MR) is 67.3 cm³/mol. The van der Waals surface area contributed by atoms with Crippen LogP contribution in [0.1, 0.15) is 51.4 Å². The lowest BCUT2D eigenvalue weighted by Gasteiger charge is -2.39. The molecule has 2 aliphatic carbocycles. The number of aliphatic hydroxyl groups is 4. The Kier molecular flexibility index (Phi) is 5.01. The van der Waals surface area contributed by atoms with E-state index in [-0.39, 0.29) is 11.8 Å². The second-order valence-electron chi connectivity index (χ2n) is 6.20. The van der Waals surface area contributed by atoms with Gasteiger partial charge in [-0.1, -0.05) is 25.7 Å². The Labute approximate surface area is 109 Å². The largest absolute Gasteiger partial charge is 0.368 e. The minimum atomic E-state index is -1.18. The summed E-state index contributed by atoms with van der Waals surface area (Å²) >= 11 is 0. The Morgan fingerprint density at radius 1 is 0.611 bits per heavy atom. The van der Waals surface area contributed by atoms with Crippen molar-refractivity contribution in [1.82, 2.24) is 0 Å². The van der Waals surface area contributed by atoms with Crippen LogP contribution in [0.15, 0.2) is 0 Å². The van der Waals surface area contributed by atoms with Crippen LogP contribution in [0.5, 0.6) is 0 Å². The smallest absolute Gasteiger partial charge is 0.154 e. The number of rotatable bonds is 3. The highest BCUT2D eigenvalue weighted by molar-refractivity contribution is 4.84. The van der Waals surface area contributed by atoms with E-state index in [1.165, 1.54) is 0 Å². The summed E-state index contributed by atoms with van der Waals surface area (Å²) < 4.78 is 0. The maximum absolute atomic E-state index is 9.31. The van der Waals surface area contributed by atoms with E-state index < -0.39 is 12.6 Å². The van der Waals surface area contributed by atoms with E-state index in [4.69, 9.17) is 0 Å². The van der Waals surface area contributed by atoms with Crippen LogP contribution in [0.25, 0.3) is 0 Å². The van der Waals surface area contributed by atoms with Crippen molar-refractivity contribution in [2.45, 2.75) is 63.9 Å². The van der Waals surface area contributed by atoms with E-state index in [9.17, 15) is 20.4 Å². The Hall–Kier alpha value is -0.160. The molecule has 0 aliphatic heterocycles. The van der Waals surface area contributed by atoms with Crippen molar-refractivity contribution >= 4 is 0 Å². The van der Waals surface area contributed by atoms with E-state index in [1.54, 1.807) is 0 Å². The molecule has 0 heterocycles. The van der Waals surface area contributed by atoms with Crippen LogP contribution in [0.4, 0.5) is 0 Å². The first-order valence-corrected chi connectivity index (χ1v) is 7.30. The quantitative estimate of drug-likeness (QED) is 0.574. The third-order valence-corrected chi connectivity index (χ3v) is 5.02. The molecule has 4 nitrogen and oxygen atoms in total. The topological polar surface area (TPSA) is 80.9 Å². The van der Waals surface area contributed by atoms with Gasteiger partial charge >= 0.3 is 0 Å². The minimum Gasteiger partial charge on any atom is -0.368 e. The summed E-state index contributed by atoms with van der Waals surface area (Å²) in [5.41, 5.74) is 0. The highest BCUT2D eigenvalue weighted by Crippen LogP contribution is 2.42. The fourth-order valence-electron chi connectivity index (χ4n) is 3.93. The van der Waals surface area contributed by atoms with E-state index in [1.807, 2.05) is 0 Å². The molecule has 2 saturated carbocycles. The van der Waals surface area contributed by atoms with Gasteiger partial charge in [0, 0.05) is 11.8 Å². The third kappa shape index (κ3) is 3.44.